The number of hydrogen-bond acceptors (Lipinski definition) is 2. The second-order valence-corrected chi connectivity index (χ2v) is 8.16. The third kappa shape index (κ3) is 4.80. The van der Waals surface area contributed by atoms with E-state index in [9.17, 15) is 0 Å². The average molecular weight is 418 g/mol. The zero-order chi connectivity index (χ0) is 21.8. The van der Waals surface area contributed by atoms with Crippen molar-refractivity contribution in [3.63, 3.8) is 0 Å². The van der Waals surface area contributed by atoms with Gasteiger partial charge >= 0.3 is 0 Å². The number of imidazole rings is 1. The summed E-state index contributed by atoms with van der Waals surface area (Å²) in [5, 5.41) is 0.577. The Morgan fingerprint density at radius 1 is 1.23 bits per heavy atom. The molecule has 0 radical (unpaired) electrons. The highest BCUT2D eigenvalue weighted by atomic mass is 35.5. The van der Waals surface area contributed by atoms with Crippen LogP contribution in [-0.2, 0) is 13.5 Å². The monoisotopic (exact) mass is 417 g/mol. The van der Waals surface area contributed by atoms with Crippen LogP contribution in [0.5, 0.6) is 0 Å². The van der Waals surface area contributed by atoms with Gasteiger partial charge in [-0.05, 0) is 54.7 Å². The molecule has 2 aromatic rings. The molecular formula is C26H28ClN3. The summed E-state index contributed by atoms with van der Waals surface area (Å²) >= 11 is 6.62. The van der Waals surface area contributed by atoms with Gasteiger partial charge < -0.3 is 4.57 Å². The molecule has 0 atom stereocenters. The number of aliphatic imine (C=N–C) groups is 1. The van der Waals surface area contributed by atoms with Gasteiger partial charge in [0, 0.05) is 25.6 Å². The number of allylic oxidation sites excluding steroid dienone is 7. The minimum Gasteiger partial charge on any atom is -0.334 e. The lowest BCUT2D eigenvalue weighted by molar-refractivity contribution is 0.898. The van der Waals surface area contributed by atoms with E-state index in [0.29, 0.717) is 5.17 Å². The molecule has 0 unspecified atom stereocenters. The van der Waals surface area contributed by atoms with E-state index in [-0.39, 0.29) is 0 Å². The Balaban J connectivity index is 1.87. The van der Waals surface area contributed by atoms with Gasteiger partial charge in [-0.2, -0.15) is 0 Å². The first kappa shape index (κ1) is 21.8. The van der Waals surface area contributed by atoms with Crippen LogP contribution in [0.25, 0.3) is 5.57 Å². The molecule has 3 nitrogen and oxygen atoms in total. The number of dihydropyridines is 1. The smallest absolute Gasteiger partial charge is 0.132 e. The van der Waals surface area contributed by atoms with Gasteiger partial charge in [-0.25, -0.2) is 9.98 Å². The molecule has 2 heterocycles. The average Bonchev–Trinajstić information content (AvgIpc) is 3.15. The second-order valence-electron chi connectivity index (χ2n) is 7.80. The van der Waals surface area contributed by atoms with Crippen LogP contribution in [-0.4, -0.2) is 14.7 Å². The number of nitrogens with zero attached hydrogens (tertiary/aromatic N) is 3. The fraction of sp³-hybridized carbons (Fsp3) is 0.231. The van der Waals surface area contributed by atoms with E-state index in [1.807, 2.05) is 23.9 Å². The molecule has 1 aromatic carbocycles. The summed E-state index contributed by atoms with van der Waals surface area (Å²) in [6.07, 6.45) is 9.04. The van der Waals surface area contributed by atoms with Crippen molar-refractivity contribution < 1.29 is 0 Å². The van der Waals surface area contributed by atoms with Gasteiger partial charge in [-0.15, -0.1) is 0 Å². The number of hydrogen-bond donors (Lipinski definition) is 0. The fourth-order valence-corrected chi connectivity index (χ4v) is 3.83. The van der Waals surface area contributed by atoms with Crippen molar-refractivity contribution in [3.8, 4) is 0 Å². The largest absolute Gasteiger partial charge is 0.334 e. The molecule has 0 saturated heterocycles. The molecule has 3 rings (SSSR count). The van der Waals surface area contributed by atoms with Gasteiger partial charge in [0.15, 0.2) is 0 Å². The van der Waals surface area contributed by atoms with Crippen LogP contribution in [0.2, 0.25) is 0 Å². The molecule has 0 spiro atoms. The predicted octanol–water partition coefficient (Wildman–Crippen LogP) is 6.73. The topological polar surface area (TPSA) is 30.2 Å². The Labute approximate surface area is 184 Å². The first-order chi connectivity index (χ1) is 14.3. The van der Waals surface area contributed by atoms with Gasteiger partial charge in [0.05, 0.1) is 18.2 Å². The number of benzene rings is 1. The lowest BCUT2D eigenvalue weighted by atomic mass is 9.94. The van der Waals surface area contributed by atoms with Gasteiger partial charge in [0.2, 0.25) is 0 Å². The number of halogens is 1. The van der Waals surface area contributed by atoms with Crippen LogP contribution in [0.3, 0.4) is 0 Å². The van der Waals surface area contributed by atoms with E-state index in [2.05, 4.69) is 69.3 Å². The van der Waals surface area contributed by atoms with E-state index in [1.165, 1.54) is 16.7 Å². The van der Waals surface area contributed by atoms with Crippen molar-refractivity contribution >= 4 is 22.3 Å². The normalized spacial score (nSPS) is 16.4. The summed E-state index contributed by atoms with van der Waals surface area (Å²) in [6.45, 7) is 14.5. The Kier molecular flexibility index (Phi) is 6.73. The van der Waals surface area contributed by atoms with Crippen molar-refractivity contribution in [3.05, 3.63) is 107 Å². The Morgan fingerprint density at radius 3 is 2.50 bits per heavy atom. The van der Waals surface area contributed by atoms with Crippen molar-refractivity contribution in [2.45, 2.75) is 33.6 Å². The van der Waals surface area contributed by atoms with E-state index >= 15 is 0 Å². The molecule has 0 fully saturated rings. The first-order valence-electron chi connectivity index (χ1n) is 9.98. The standard InChI is InChI=1S/C26H28ClN3/c1-7-22(20(5)25-15-28-16-30(25)6)12-19(4)24-13-18(3)23(26(27)29-24)14-21-10-8-17(2)9-11-21/h7-12,15-16H,1,5,13-14H2,2-4,6H3/b22-12+,24-19+. The Morgan fingerprint density at radius 2 is 1.93 bits per heavy atom. The molecule has 4 heteroatoms. The van der Waals surface area contributed by atoms with Gasteiger partial charge in [-0.3, -0.25) is 0 Å². The molecule has 30 heavy (non-hydrogen) atoms. The highest BCUT2D eigenvalue weighted by Crippen LogP contribution is 2.31. The lowest BCUT2D eigenvalue weighted by Gasteiger charge is -2.19. The fourth-order valence-electron chi connectivity index (χ4n) is 3.50. The van der Waals surface area contributed by atoms with Crippen LogP contribution in [0.4, 0.5) is 0 Å². The van der Waals surface area contributed by atoms with Crippen LogP contribution in [0, 0.1) is 6.92 Å². The molecule has 0 saturated carbocycles. The first-order valence-corrected chi connectivity index (χ1v) is 10.4. The number of rotatable bonds is 6. The second kappa shape index (κ2) is 9.27. The van der Waals surface area contributed by atoms with Crippen LogP contribution in [0.1, 0.15) is 37.1 Å². The quantitative estimate of drug-likeness (QED) is 0.479. The third-order valence-electron chi connectivity index (χ3n) is 5.45. The zero-order valence-electron chi connectivity index (χ0n) is 18.2. The van der Waals surface area contributed by atoms with E-state index < -0.39 is 0 Å². The summed E-state index contributed by atoms with van der Waals surface area (Å²) in [6, 6.07) is 8.57. The molecule has 1 aliphatic heterocycles. The Hall–Kier alpha value is -2.91. The highest BCUT2D eigenvalue weighted by molar-refractivity contribution is 6.70. The summed E-state index contributed by atoms with van der Waals surface area (Å²) in [5.74, 6) is 0. The van der Waals surface area contributed by atoms with Crippen LogP contribution >= 0.6 is 11.6 Å². The van der Waals surface area contributed by atoms with Gasteiger partial charge in [-0.1, -0.05) is 66.2 Å². The molecule has 0 aliphatic carbocycles. The highest BCUT2D eigenvalue weighted by Gasteiger charge is 2.18. The predicted molar refractivity (Wildman–Crippen MR) is 129 cm³/mol. The Bertz CT molecular complexity index is 1110. The molecule has 1 aliphatic rings. The van der Waals surface area contributed by atoms with E-state index in [0.717, 1.165) is 46.5 Å². The van der Waals surface area contributed by atoms with Crippen LogP contribution in [0.15, 0.2) is 95.1 Å². The van der Waals surface area contributed by atoms with Crippen molar-refractivity contribution in [1.82, 2.24) is 9.55 Å². The maximum atomic E-state index is 6.62. The molecule has 0 bridgehead atoms. The van der Waals surface area contributed by atoms with Gasteiger partial charge in [0.25, 0.3) is 0 Å². The maximum Gasteiger partial charge on any atom is 0.132 e. The summed E-state index contributed by atoms with van der Waals surface area (Å²) in [7, 11) is 1.95. The number of aryl methyl sites for hydroxylation is 2. The molecule has 1 aromatic heterocycles. The number of aromatic nitrogens is 2. The van der Waals surface area contributed by atoms with E-state index in [4.69, 9.17) is 16.6 Å². The molecular weight excluding hydrogens is 390 g/mol. The van der Waals surface area contributed by atoms with Crippen molar-refractivity contribution in [2.75, 3.05) is 0 Å². The van der Waals surface area contributed by atoms with Crippen molar-refractivity contribution in [1.29, 1.82) is 0 Å². The molecule has 154 valence electrons. The maximum absolute atomic E-state index is 6.62. The summed E-state index contributed by atoms with van der Waals surface area (Å²) in [5.41, 5.74) is 9.68. The lowest BCUT2D eigenvalue weighted by Crippen LogP contribution is -2.09. The molecule has 0 N–H and O–H groups in total. The SMILES string of the molecule is C=C/C(=C\C(C)=C1/CC(C)=C(Cc2ccc(C)cc2)C(Cl)=N1)C(=C)c1cncn1C. The minimum atomic E-state index is 0.577. The summed E-state index contributed by atoms with van der Waals surface area (Å²) in [4.78, 5) is 8.91. The van der Waals surface area contributed by atoms with E-state index in [1.54, 1.807) is 6.33 Å². The zero-order valence-corrected chi connectivity index (χ0v) is 18.9. The van der Waals surface area contributed by atoms with Gasteiger partial charge in [0.1, 0.15) is 5.17 Å². The van der Waals surface area contributed by atoms with Crippen LogP contribution < -0.4 is 0 Å². The van der Waals surface area contributed by atoms with Crippen molar-refractivity contribution in [2.24, 2.45) is 12.0 Å². The minimum absolute atomic E-state index is 0.577. The molecule has 0 amide bonds. The third-order valence-corrected chi connectivity index (χ3v) is 5.77. The summed E-state index contributed by atoms with van der Waals surface area (Å²) < 4.78 is 1.95.